The van der Waals surface area contributed by atoms with Crippen molar-refractivity contribution in [3.8, 4) is 0 Å². The first-order valence-corrected chi connectivity index (χ1v) is 7.56. The van der Waals surface area contributed by atoms with Gasteiger partial charge in [-0.05, 0) is 44.1 Å². The van der Waals surface area contributed by atoms with E-state index in [1.54, 1.807) is 0 Å². The van der Waals surface area contributed by atoms with Crippen LogP contribution in [0.15, 0.2) is 0 Å². The zero-order chi connectivity index (χ0) is 13.6. The summed E-state index contributed by atoms with van der Waals surface area (Å²) in [6.07, 6.45) is 2.29. The summed E-state index contributed by atoms with van der Waals surface area (Å²) in [7, 11) is 0. The SMILES string of the molecule is CC1(C)CN(c2snc(N)c2C2CC2)CC(CO)O1. The van der Waals surface area contributed by atoms with Crippen LogP contribution in [-0.2, 0) is 4.74 Å². The van der Waals surface area contributed by atoms with Crippen molar-refractivity contribution in [2.45, 2.75) is 44.3 Å². The molecule has 1 atom stereocenters. The van der Waals surface area contributed by atoms with Crippen molar-refractivity contribution < 1.29 is 9.84 Å². The van der Waals surface area contributed by atoms with Gasteiger partial charge in [-0.2, -0.15) is 4.37 Å². The predicted octanol–water partition coefficient (Wildman–Crippen LogP) is 1.58. The Hall–Kier alpha value is -0.850. The third-order valence-electron chi connectivity index (χ3n) is 3.69. The van der Waals surface area contributed by atoms with Gasteiger partial charge in [0.25, 0.3) is 0 Å². The summed E-state index contributed by atoms with van der Waals surface area (Å²) in [5.41, 5.74) is 6.98. The fraction of sp³-hybridized carbons (Fsp3) is 0.769. The van der Waals surface area contributed by atoms with Crippen LogP contribution < -0.4 is 10.6 Å². The van der Waals surface area contributed by atoms with Gasteiger partial charge in [-0.3, -0.25) is 0 Å². The molecule has 1 aromatic heterocycles. The number of nitrogens with two attached hydrogens (primary N) is 1. The van der Waals surface area contributed by atoms with E-state index in [4.69, 9.17) is 10.5 Å². The number of ether oxygens (including phenoxy) is 1. The first kappa shape index (κ1) is 13.1. The Kier molecular flexibility index (Phi) is 3.19. The Bertz CT molecular complexity index is 470. The zero-order valence-electron chi connectivity index (χ0n) is 11.4. The Morgan fingerprint density at radius 1 is 1.53 bits per heavy atom. The zero-order valence-corrected chi connectivity index (χ0v) is 12.2. The molecule has 3 N–H and O–H groups in total. The summed E-state index contributed by atoms with van der Waals surface area (Å²) < 4.78 is 10.2. The van der Waals surface area contributed by atoms with Crippen LogP contribution in [0.2, 0.25) is 0 Å². The molecule has 1 saturated carbocycles. The molecule has 1 aliphatic heterocycles. The average molecular weight is 283 g/mol. The number of aliphatic hydroxyl groups is 1. The number of nitrogens with zero attached hydrogens (tertiary/aromatic N) is 2. The first-order valence-electron chi connectivity index (χ1n) is 6.79. The predicted molar refractivity (Wildman–Crippen MR) is 76.8 cm³/mol. The molecule has 1 aliphatic carbocycles. The van der Waals surface area contributed by atoms with E-state index in [-0.39, 0.29) is 18.3 Å². The van der Waals surface area contributed by atoms with Gasteiger partial charge in [-0.1, -0.05) is 0 Å². The van der Waals surface area contributed by atoms with Crippen LogP contribution >= 0.6 is 11.5 Å². The van der Waals surface area contributed by atoms with Crippen LogP contribution in [0.25, 0.3) is 0 Å². The van der Waals surface area contributed by atoms with Crippen molar-refractivity contribution >= 4 is 22.4 Å². The van der Waals surface area contributed by atoms with E-state index < -0.39 is 0 Å². The quantitative estimate of drug-likeness (QED) is 0.881. The highest BCUT2D eigenvalue weighted by atomic mass is 32.1. The second-order valence-electron chi connectivity index (χ2n) is 6.12. The molecule has 1 saturated heterocycles. The Labute approximate surface area is 117 Å². The topological polar surface area (TPSA) is 71.6 Å². The van der Waals surface area contributed by atoms with Crippen LogP contribution in [0.1, 0.15) is 38.2 Å². The summed E-state index contributed by atoms with van der Waals surface area (Å²) in [6, 6.07) is 0. The van der Waals surface area contributed by atoms with Gasteiger partial charge < -0.3 is 20.5 Å². The highest BCUT2D eigenvalue weighted by Gasteiger charge is 2.38. The van der Waals surface area contributed by atoms with Crippen LogP contribution in [0, 0.1) is 0 Å². The lowest BCUT2D eigenvalue weighted by atomic mass is 10.0. The highest BCUT2D eigenvalue weighted by Crippen LogP contribution is 2.49. The fourth-order valence-corrected chi connectivity index (χ4v) is 3.74. The lowest BCUT2D eigenvalue weighted by Crippen LogP contribution is -2.54. The van der Waals surface area contributed by atoms with Gasteiger partial charge in [0.05, 0.1) is 18.3 Å². The maximum Gasteiger partial charge on any atom is 0.142 e. The molecule has 106 valence electrons. The smallest absolute Gasteiger partial charge is 0.142 e. The van der Waals surface area contributed by atoms with E-state index in [0.29, 0.717) is 18.3 Å². The summed E-state index contributed by atoms with van der Waals surface area (Å²) in [5.74, 6) is 1.28. The number of hydrogen-bond acceptors (Lipinski definition) is 6. The number of morpholine rings is 1. The van der Waals surface area contributed by atoms with Crippen molar-refractivity contribution in [2.75, 3.05) is 30.3 Å². The molecule has 2 aliphatic rings. The minimum atomic E-state index is -0.259. The first-order chi connectivity index (χ1) is 9.00. The Morgan fingerprint density at radius 2 is 2.26 bits per heavy atom. The van der Waals surface area contributed by atoms with E-state index in [2.05, 4.69) is 23.1 Å². The third kappa shape index (κ3) is 2.57. The van der Waals surface area contributed by atoms with Crippen molar-refractivity contribution in [3.05, 3.63) is 5.56 Å². The lowest BCUT2D eigenvalue weighted by Gasteiger charge is -2.43. The van der Waals surface area contributed by atoms with Gasteiger partial charge in [-0.25, -0.2) is 0 Å². The second kappa shape index (κ2) is 4.61. The minimum Gasteiger partial charge on any atom is -0.394 e. The highest BCUT2D eigenvalue weighted by molar-refractivity contribution is 7.10. The van der Waals surface area contributed by atoms with E-state index in [0.717, 1.165) is 6.54 Å². The molecule has 0 radical (unpaired) electrons. The molecule has 0 aromatic carbocycles. The van der Waals surface area contributed by atoms with Gasteiger partial charge in [-0.15, -0.1) is 0 Å². The summed E-state index contributed by atoms with van der Waals surface area (Å²) in [6.45, 7) is 5.69. The molecule has 19 heavy (non-hydrogen) atoms. The van der Waals surface area contributed by atoms with Crippen LogP contribution in [0.5, 0.6) is 0 Å². The van der Waals surface area contributed by atoms with Gasteiger partial charge in [0.1, 0.15) is 10.8 Å². The number of rotatable bonds is 3. The molecule has 1 aromatic rings. The summed E-state index contributed by atoms with van der Waals surface area (Å²) in [5, 5.41) is 10.6. The standard InChI is InChI=1S/C13H21N3O2S/c1-13(2)7-16(5-9(6-17)18-13)12-10(8-3-4-8)11(14)15-19-12/h8-9,17H,3-7H2,1-2H3,(H2,14,15). The Balaban J connectivity index is 1.88. The van der Waals surface area contributed by atoms with Crippen LogP contribution in [-0.4, -0.2) is 40.9 Å². The summed E-state index contributed by atoms with van der Waals surface area (Å²) >= 11 is 1.48. The molecule has 6 heteroatoms. The molecule has 2 fully saturated rings. The van der Waals surface area contributed by atoms with Gasteiger partial charge in [0.2, 0.25) is 0 Å². The van der Waals surface area contributed by atoms with E-state index in [9.17, 15) is 5.11 Å². The number of aliphatic hydroxyl groups excluding tert-OH is 1. The molecule has 5 nitrogen and oxygen atoms in total. The molecule has 0 bridgehead atoms. The molecule has 2 heterocycles. The summed E-state index contributed by atoms with van der Waals surface area (Å²) in [4.78, 5) is 2.28. The number of aromatic nitrogens is 1. The van der Waals surface area contributed by atoms with Crippen molar-refractivity contribution in [2.24, 2.45) is 0 Å². The number of anilines is 2. The molecular weight excluding hydrogens is 262 g/mol. The van der Waals surface area contributed by atoms with Gasteiger partial charge >= 0.3 is 0 Å². The van der Waals surface area contributed by atoms with E-state index in [1.807, 2.05) is 0 Å². The number of hydrogen-bond donors (Lipinski definition) is 2. The van der Waals surface area contributed by atoms with Gasteiger partial charge in [0, 0.05) is 18.7 Å². The normalized spacial score (nSPS) is 26.7. The fourth-order valence-electron chi connectivity index (χ4n) is 2.83. The van der Waals surface area contributed by atoms with Crippen molar-refractivity contribution in [1.82, 2.24) is 4.37 Å². The van der Waals surface area contributed by atoms with E-state index >= 15 is 0 Å². The number of nitrogen functional groups attached to an aromatic ring is 1. The van der Waals surface area contributed by atoms with Crippen LogP contribution in [0.4, 0.5) is 10.8 Å². The molecule has 3 rings (SSSR count). The molecule has 0 amide bonds. The minimum absolute atomic E-state index is 0.0486. The average Bonchev–Trinajstić information content (AvgIpc) is 3.10. The van der Waals surface area contributed by atoms with Gasteiger partial charge in [0.15, 0.2) is 0 Å². The van der Waals surface area contributed by atoms with Crippen molar-refractivity contribution in [1.29, 1.82) is 0 Å². The van der Waals surface area contributed by atoms with Crippen molar-refractivity contribution in [3.63, 3.8) is 0 Å². The Morgan fingerprint density at radius 3 is 2.89 bits per heavy atom. The van der Waals surface area contributed by atoms with Crippen LogP contribution in [0.3, 0.4) is 0 Å². The molecule has 0 spiro atoms. The third-order valence-corrected chi connectivity index (χ3v) is 4.63. The monoisotopic (exact) mass is 283 g/mol. The van der Waals surface area contributed by atoms with E-state index in [1.165, 1.54) is 34.9 Å². The second-order valence-corrected chi connectivity index (χ2v) is 6.88. The maximum absolute atomic E-state index is 9.40. The maximum atomic E-state index is 9.40. The lowest BCUT2D eigenvalue weighted by molar-refractivity contribution is -0.100. The largest absolute Gasteiger partial charge is 0.394 e. The molecular formula is C13H21N3O2S. The molecule has 1 unspecified atom stereocenters.